The quantitative estimate of drug-likeness (QED) is 0.573. The van der Waals surface area contributed by atoms with E-state index < -0.39 is 16.1 Å². The number of aryl methyl sites for hydroxylation is 2. The van der Waals surface area contributed by atoms with Crippen LogP contribution in [-0.4, -0.2) is 14.4 Å². The predicted octanol–water partition coefficient (Wildman–Crippen LogP) is 4.81. The summed E-state index contributed by atoms with van der Waals surface area (Å²) in [5.41, 5.74) is 1.51. The molecule has 0 radical (unpaired) electrons. The van der Waals surface area contributed by atoms with Crippen LogP contribution in [-0.2, 0) is 10.0 Å². The second-order valence-corrected chi connectivity index (χ2v) is 9.02. The fourth-order valence-corrected chi connectivity index (χ4v) is 5.17. The number of carbonyl (C=O) groups is 1. The molecule has 1 aromatic heterocycles. The van der Waals surface area contributed by atoms with Crippen molar-refractivity contribution in [2.45, 2.75) is 18.7 Å². The third-order valence-electron chi connectivity index (χ3n) is 3.69. The largest absolute Gasteiger partial charge is 0.323 e. The molecule has 3 N–H and O–H groups in total. The number of urea groups is 1. The molecule has 0 atom stereocenters. The van der Waals surface area contributed by atoms with Crippen molar-refractivity contribution in [3.8, 4) is 0 Å². The highest BCUT2D eigenvalue weighted by atomic mass is 32.2. The van der Waals surface area contributed by atoms with Gasteiger partial charge in [-0.25, -0.2) is 13.2 Å². The number of hydrogen-bond acceptors (Lipinski definition) is 4. The summed E-state index contributed by atoms with van der Waals surface area (Å²) in [6, 6.07) is 16.8. The smallest absolute Gasteiger partial charge is 0.308 e. The summed E-state index contributed by atoms with van der Waals surface area (Å²) < 4.78 is 27.8. The third kappa shape index (κ3) is 4.87. The average Bonchev–Trinajstić information content (AvgIpc) is 2.95. The van der Waals surface area contributed by atoms with Crippen LogP contribution in [0.3, 0.4) is 0 Å². The average molecular weight is 402 g/mol. The van der Waals surface area contributed by atoms with Crippen molar-refractivity contribution < 1.29 is 13.2 Å². The molecule has 0 unspecified atom stereocenters. The minimum atomic E-state index is -3.68. The van der Waals surface area contributed by atoms with E-state index in [1.54, 1.807) is 49.4 Å². The Hall–Kier alpha value is -2.84. The lowest BCUT2D eigenvalue weighted by Crippen LogP contribution is -2.19. The number of benzene rings is 2. The molecule has 2 amide bonds. The van der Waals surface area contributed by atoms with Gasteiger partial charge < -0.3 is 10.6 Å². The lowest BCUT2D eigenvalue weighted by Gasteiger charge is -2.11. The normalized spacial score (nSPS) is 11.0. The van der Waals surface area contributed by atoms with Gasteiger partial charge in [-0.3, -0.25) is 4.72 Å². The summed E-state index contributed by atoms with van der Waals surface area (Å²) in [5, 5.41) is 5.40. The minimum absolute atomic E-state index is 0.269. The maximum absolute atomic E-state index is 12.6. The number of thiophene rings is 1. The Morgan fingerprint density at radius 1 is 0.852 bits per heavy atom. The molecule has 27 heavy (non-hydrogen) atoms. The molecule has 0 saturated carbocycles. The second kappa shape index (κ2) is 7.81. The van der Waals surface area contributed by atoms with E-state index in [1.807, 2.05) is 25.1 Å². The van der Waals surface area contributed by atoms with Gasteiger partial charge in [-0.2, -0.15) is 0 Å². The first-order valence-corrected chi connectivity index (χ1v) is 10.5. The summed E-state index contributed by atoms with van der Waals surface area (Å²) in [5.74, 6) is 0. The van der Waals surface area contributed by atoms with Gasteiger partial charge in [0.05, 0.1) is 5.69 Å². The van der Waals surface area contributed by atoms with Gasteiger partial charge in [-0.05, 0) is 50.2 Å². The van der Waals surface area contributed by atoms with Gasteiger partial charge in [0.15, 0.2) is 0 Å². The van der Waals surface area contributed by atoms with E-state index in [0.29, 0.717) is 17.1 Å². The van der Waals surface area contributed by atoms with Gasteiger partial charge in [0, 0.05) is 21.1 Å². The number of nitrogens with one attached hydrogen (secondary N) is 3. The van der Waals surface area contributed by atoms with Crippen molar-refractivity contribution in [2.75, 3.05) is 15.4 Å². The Kier molecular flexibility index (Phi) is 5.48. The number of carbonyl (C=O) groups excluding carboxylic acids is 1. The van der Waals surface area contributed by atoms with Crippen molar-refractivity contribution in [3.05, 3.63) is 70.4 Å². The van der Waals surface area contributed by atoms with Crippen LogP contribution in [0, 0.1) is 13.8 Å². The Morgan fingerprint density at radius 3 is 2.15 bits per heavy atom. The first-order chi connectivity index (χ1) is 12.8. The zero-order valence-corrected chi connectivity index (χ0v) is 16.4. The van der Waals surface area contributed by atoms with Crippen molar-refractivity contribution in [2.24, 2.45) is 0 Å². The molecular formula is C19H19N3O3S2. The highest BCUT2D eigenvalue weighted by Crippen LogP contribution is 2.27. The first kappa shape index (κ1) is 18.9. The molecule has 0 spiro atoms. The van der Waals surface area contributed by atoms with Gasteiger partial charge in [-0.1, -0.05) is 24.3 Å². The van der Waals surface area contributed by atoms with E-state index in [0.717, 1.165) is 9.75 Å². The number of rotatable bonds is 5. The van der Waals surface area contributed by atoms with Gasteiger partial charge in [-0.15, -0.1) is 11.3 Å². The second-order valence-electron chi connectivity index (χ2n) is 5.91. The molecule has 0 aliphatic carbocycles. The van der Waals surface area contributed by atoms with Crippen LogP contribution < -0.4 is 15.4 Å². The van der Waals surface area contributed by atoms with Gasteiger partial charge in [0.25, 0.3) is 10.0 Å². The molecule has 8 heteroatoms. The molecule has 2 aromatic carbocycles. The van der Waals surface area contributed by atoms with Crippen LogP contribution in [0.2, 0.25) is 0 Å². The highest BCUT2D eigenvalue weighted by Gasteiger charge is 2.19. The van der Waals surface area contributed by atoms with E-state index >= 15 is 0 Å². The molecule has 3 aromatic rings. The molecule has 3 rings (SSSR count). The Labute approximate surface area is 162 Å². The van der Waals surface area contributed by atoms with Crippen LogP contribution in [0.5, 0.6) is 0 Å². The minimum Gasteiger partial charge on any atom is -0.308 e. The fraction of sp³-hybridized carbons (Fsp3) is 0.105. The van der Waals surface area contributed by atoms with Gasteiger partial charge in [0.1, 0.15) is 4.90 Å². The zero-order chi connectivity index (χ0) is 19.4. The van der Waals surface area contributed by atoms with E-state index in [9.17, 15) is 13.2 Å². The fourth-order valence-electron chi connectivity index (χ4n) is 2.56. The van der Waals surface area contributed by atoms with Gasteiger partial charge >= 0.3 is 6.03 Å². The lowest BCUT2D eigenvalue weighted by atomic mass is 10.3. The molecule has 0 aliphatic rings. The zero-order valence-electron chi connectivity index (χ0n) is 14.8. The maximum atomic E-state index is 12.6. The van der Waals surface area contributed by atoms with E-state index in [1.165, 1.54) is 11.3 Å². The topological polar surface area (TPSA) is 87.3 Å². The van der Waals surface area contributed by atoms with Crippen LogP contribution in [0.25, 0.3) is 0 Å². The van der Waals surface area contributed by atoms with Crippen LogP contribution in [0.15, 0.2) is 65.6 Å². The van der Waals surface area contributed by atoms with E-state index in [2.05, 4.69) is 15.4 Å². The monoisotopic (exact) mass is 401 g/mol. The summed E-state index contributed by atoms with van der Waals surface area (Å²) in [7, 11) is -3.68. The van der Waals surface area contributed by atoms with Crippen LogP contribution in [0.1, 0.15) is 9.75 Å². The Morgan fingerprint density at radius 2 is 1.48 bits per heavy atom. The van der Waals surface area contributed by atoms with Crippen molar-refractivity contribution in [1.82, 2.24) is 0 Å². The summed E-state index contributed by atoms with van der Waals surface area (Å²) in [6.45, 7) is 3.64. The molecule has 6 nitrogen and oxygen atoms in total. The molecule has 0 saturated heterocycles. The maximum Gasteiger partial charge on any atom is 0.323 e. The number of hydrogen-bond donors (Lipinski definition) is 3. The highest BCUT2D eigenvalue weighted by molar-refractivity contribution is 7.93. The molecule has 1 heterocycles. The molecular weight excluding hydrogens is 382 g/mol. The van der Waals surface area contributed by atoms with Crippen LogP contribution >= 0.6 is 11.3 Å². The number of para-hydroxylation sites is 1. The number of sulfonamides is 1. The summed E-state index contributed by atoms with van der Waals surface area (Å²) in [4.78, 5) is 14.0. The molecule has 0 aliphatic heterocycles. The number of amides is 2. The Bertz CT molecular complexity index is 1060. The standard InChI is InChI=1S/C19H19N3O3S2/c1-13-11-18(14(2)26-13)27(24,25)22-17-10-6-9-16(12-17)21-19(23)20-15-7-4-3-5-8-15/h3-12,22H,1-2H3,(H2,20,21,23). The van der Waals surface area contributed by atoms with Gasteiger partial charge in [0.2, 0.25) is 0 Å². The van der Waals surface area contributed by atoms with Crippen molar-refractivity contribution in [3.63, 3.8) is 0 Å². The molecule has 140 valence electrons. The lowest BCUT2D eigenvalue weighted by molar-refractivity contribution is 0.262. The predicted molar refractivity (Wildman–Crippen MR) is 110 cm³/mol. The Balaban J connectivity index is 1.72. The van der Waals surface area contributed by atoms with Crippen molar-refractivity contribution in [1.29, 1.82) is 0 Å². The van der Waals surface area contributed by atoms with Crippen molar-refractivity contribution >= 4 is 44.5 Å². The number of anilines is 3. The SMILES string of the molecule is Cc1cc(S(=O)(=O)Nc2cccc(NC(=O)Nc3ccccc3)c2)c(C)s1. The first-order valence-electron chi connectivity index (χ1n) is 8.16. The summed E-state index contributed by atoms with van der Waals surface area (Å²) in [6.07, 6.45) is 0. The molecule has 0 fully saturated rings. The van der Waals surface area contributed by atoms with E-state index in [4.69, 9.17) is 0 Å². The summed E-state index contributed by atoms with van der Waals surface area (Å²) >= 11 is 1.43. The third-order valence-corrected chi connectivity index (χ3v) is 6.29. The molecule has 0 bridgehead atoms. The van der Waals surface area contributed by atoms with Crippen LogP contribution in [0.4, 0.5) is 21.9 Å². The van der Waals surface area contributed by atoms with E-state index in [-0.39, 0.29) is 4.90 Å².